The van der Waals surface area contributed by atoms with Crippen molar-refractivity contribution < 1.29 is 10.0 Å². The highest BCUT2D eigenvalue weighted by molar-refractivity contribution is 5.98. The van der Waals surface area contributed by atoms with Crippen LogP contribution in [0, 0.1) is 0 Å². The second-order valence-electron chi connectivity index (χ2n) is 4.86. The van der Waals surface area contributed by atoms with Crippen LogP contribution < -0.4 is 0 Å². The number of amides is 2. The first-order valence-electron chi connectivity index (χ1n) is 6.06. The number of nitrogens with zero attached hydrogens (tertiary/aromatic N) is 5. The number of carbonyl (C=O) groups is 1. The van der Waals surface area contributed by atoms with Crippen LogP contribution in [0.5, 0.6) is 0 Å². The van der Waals surface area contributed by atoms with Gasteiger partial charge in [-0.3, -0.25) is 0 Å². The second kappa shape index (κ2) is 4.11. The van der Waals surface area contributed by atoms with Gasteiger partial charge >= 0.3 is 6.03 Å². The van der Waals surface area contributed by atoms with Gasteiger partial charge < -0.3 is 15.0 Å². The molecule has 1 aromatic rings. The van der Waals surface area contributed by atoms with Gasteiger partial charge in [0, 0.05) is 25.4 Å². The van der Waals surface area contributed by atoms with Crippen LogP contribution in [0.3, 0.4) is 0 Å². The van der Waals surface area contributed by atoms with E-state index in [1.54, 1.807) is 33.8 Å². The largest absolute Gasteiger partial charge is 0.411 e. The summed E-state index contributed by atoms with van der Waals surface area (Å²) in [6.07, 6.45) is 5.51. The Kier molecular flexibility index (Phi) is 2.55. The number of aromatic nitrogens is 2. The predicted molar refractivity (Wildman–Crippen MR) is 69.0 cm³/mol. The quantitative estimate of drug-likeness (QED) is 0.483. The van der Waals surface area contributed by atoms with Crippen LogP contribution in [-0.4, -0.2) is 62.7 Å². The van der Waals surface area contributed by atoms with Gasteiger partial charge in [0.05, 0.1) is 30.2 Å². The first kappa shape index (κ1) is 11.8. The summed E-state index contributed by atoms with van der Waals surface area (Å²) in [4.78, 5) is 15.4. The Balaban J connectivity index is 1.90. The maximum absolute atomic E-state index is 11.9. The number of likely N-dealkylation sites (N-methyl/N-ethyl adjacent to an activating group) is 1. The smallest absolute Gasteiger partial charge is 0.320 e. The minimum Gasteiger partial charge on any atom is -0.411 e. The Morgan fingerprint density at radius 2 is 2.37 bits per heavy atom. The SMILES string of the molecule is C/C(=N/O)c1cnn(C2=CC3CN(C2)C(=O)N3C)c1. The molecule has 100 valence electrons. The molecule has 1 atom stereocenters. The minimum atomic E-state index is 0.0525. The van der Waals surface area contributed by atoms with Gasteiger partial charge in [0.2, 0.25) is 0 Å². The number of rotatable bonds is 2. The van der Waals surface area contributed by atoms with E-state index in [1.165, 1.54) is 0 Å². The van der Waals surface area contributed by atoms with Crippen molar-refractivity contribution in [3.05, 3.63) is 24.0 Å². The molecule has 7 nitrogen and oxygen atoms in total. The third-order valence-electron chi connectivity index (χ3n) is 3.66. The fourth-order valence-corrected chi connectivity index (χ4v) is 2.43. The molecule has 2 amide bonds. The van der Waals surface area contributed by atoms with Crippen molar-refractivity contribution in [3.8, 4) is 0 Å². The summed E-state index contributed by atoms with van der Waals surface area (Å²) >= 11 is 0. The number of hydrogen-bond donors (Lipinski definition) is 1. The third-order valence-corrected chi connectivity index (χ3v) is 3.66. The van der Waals surface area contributed by atoms with Crippen molar-refractivity contribution in [1.82, 2.24) is 19.6 Å². The summed E-state index contributed by atoms with van der Waals surface area (Å²) < 4.78 is 1.73. The molecule has 1 N–H and O–H groups in total. The van der Waals surface area contributed by atoms with E-state index in [-0.39, 0.29) is 12.1 Å². The lowest BCUT2D eigenvalue weighted by molar-refractivity contribution is 0.201. The Hall–Kier alpha value is -2.31. The summed E-state index contributed by atoms with van der Waals surface area (Å²) in [7, 11) is 1.81. The van der Waals surface area contributed by atoms with E-state index in [0.717, 1.165) is 17.8 Å². The normalized spacial score (nSPS) is 23.1. The van der Waals surface area contributed by atoms with Crippen LogP contribution >= 0.6 is 0 Å². The van der Waals surface area contributed by atoms with Crippen LogP contribution in [0.15, 0.2) is 23.6 Å². The lowest BCUT2D eigenvalue weighted by Crippen LogP contribution is -2.31. The first-order valence-corrected chi connectivity index (χ1v) is 6.06. The van der Waals surface area contributed by atoms with E-state index >= 15 is 0 Å². The zero-order chi connectivity index (χ0) is 13.6. The molecular weight excluding hydrogens is 246 g/mol. The number of fused-ring (bicyclic) bond motifs is 2. The molecule has 3 heterocycles. The molecule has 1 saturated heterocycles. The van der Waals surface area contributed by atoms with Crippen molar-refractivity contribution in [3.63, 3.8) is 0 Å². The van der Waals surface area contributed by atoms with E-state index in [2.05, 4.69) is 16.3 Å². The van der Waals surface area contributed by atoms with E-state index in [4.69, 9.17) is 5.21 Å². The van der Waals surface area contributed by atoms with Crippen molar-refractivity contribution in [2.75, 3.05) is 20.1 Å². The van der Waals surface area contributed by atoms with Gasteiger partial charge in [-0.05, 0) is 13.0 Å². The summed E-state index contributed by atoms with van der Waals surface area (Å²) in [6.45, 7) is 3.00. The Morgan fingerprint density at radius 1 is 1.58 bits per heavy atom. The number of hydrogen-bond acceptors (Lipinski definition) is 4. The molecule has 1 aromatic heterocycles. The Labute approximate surface area is 110 Å². The fourth-order valence-electron chi connectivity index (χ4n) is 2.43. The van der Waals surface area contributed by atoms with Gasteiger partial charge in [0.1, 0.15) is 0 Å². The number of oxime groups is 1. The molecule has 0 spiro atoms. The summed E-state index contributed by atoms with van der Waals surface area (Å²) in [5.74, 6) is 0. The standard InChI is InChI=1S/C12H15N5O2/c1-8(14-19)9-4-13-17(5-9)11-3-10-6-16(7-11)12(18)15(10)2/h3-5,10,19H,6-7H2,1-2H3/b14-8-. The molecule has 7 heteroatoms. The average Bonchev–Trinajstić information content (AvgIpc) is 2.99. The van der Waals surface area contributed by atoms with Crippen LogP contribution in [-0.2, 0) is 0 Å². The van der Waals surface area contributed by atoms with E-state index in [0.29, 0.717) is 12.3 Å². The Morgan fingerprint density at radius 3 is 3.05 bits per heavy atom. The molecule has 0 saturated carbocycles. The molecule has 2 aliphatic rings. The van der Waals surface area contributed by atoms with E-state index in [9.17, 15) is 4.79 Å². The summed E-state index contributed by atoms with van der Waals surface area (Å²) in [6, 6.07) is 0.160. The maximum Gasteiger partial charge on any atom is 0.320 e. The van der Waals surface area contributed by atoms with Gasteiger partial charge in [0.25, 0.3) is 0 Å². The zero-order valence-electron chi connectivity index (χ0n) is 10.8. The molecule has 1 unspecified atom stereocenters. The Bertz CT molecular complexity index is 589. The molecule has 0 radical (unpaired) electrons. The predicted octanol–water partition coefficient (Wildman–Crippen LogP) is 0.672. The highest BCUT2D eigenvalue weighted by Gasteiger charge is 2.37. The third kappa shape index (κ3) is 1.78. The number of urea groups is 1. The fraction of sp³-hybridized carbons (Fsp3) is 0.417. The van der Waals surface area contributed by atoms with Crippen LogP contribution in [0.1, 0.15) is 12.5 Å². The highest BCUT2D eigenvalue weighted by Crippen LogP contribution is 2.24. The lowest BCUT2D eigenvalue weighted by Gasteiger charge is -2.21. The van der Waals surface area contributed by atoms with Gasteiger partial charge in [-0.2, -0.15) is 5.10 Å². The molecule has 0 aromatic carbocycles. The minimum absolute atomic E-state index is 0.0525. The molecule has 1 fully saturated rings. The second-order valence-corrected chi connectivity index (χ2v) is 4.86. The molecule has 2 bridgehead atoms. The van der Waals surface area contributed by atoms with Gasteiger partial charge in [-0.25, -0.2) is 9.48 Å². The van der Waals surface area contributed by atoms with Crippen LogP contribution in [0.25, 0.3) is 5.70 Å². The van der Waals surface area contributed by atoms with Crippen molar-refractivity contribution in [2.45, 2.75) is 13.0 Å². The average molecular weight is 261 g/mol. The summed E-state index contributed by atoms with van der Waals surface area (Å²) in [5, 5.41) is 16.2. The maximum atomic E-state index is 11.9. The monoisotopic (exact) mass is 261 g/mol. The van der Waals surface area contributed by atoms with Gasteiger partial charge in [0.15, 0.2) is 0 Å². The lowest BCUT2D eigenvalue weighted by atomic mass is 10.2. The molecule has 19 heavy (non-hydrogen) atoms. The highest BCUT2D eigenvalue weighted by atomic mass is 16.4. The zero-order valence-corrected chi connectivity index (χ0v) is 10.8. The van der Waals surface area contributed by atoms with E-state index < -0.39 is 0 Å². The van der Waals surface area contributed by atoms with Crippen LogP contribution in [0.2, 0.25) is 0 Å². The van der Waals surface area contributed by atoms with Crippen LogP contribution in [0.4, 0.5) is 4.79 Å². The molecule has 2 aliphatic heterocycles. The van der Waals surface area contributed by atoms with Crippen molar-refractivity contribution in [2.24, 2.45) is 5.16 Å². The van der Waals surface area contributed by atoms with Gasteiger partial charge in [-0.1, -0.05) is 5.16 Å². The van der Waals surface area contributed by atoms with Crippen molar-refractivity contribution >= 4 is 17.4 Å². The summed E-state index contributed by atoms with van der Waals surface area (Å²) in [5.41, 5.74) is 2.24. The first-order chi connectivity index (χ1) is 9.10. The van der Waals surface area contributed by atoms with Crippen molar-refractivity contribution in [1.29, 1.82) is 0 Å². The number of carbonyl (C=O) groups excluding carboxylic acids is 1. The molecule has 0 aliphatic carbocycles. The molecular formula is C12H15N5O2. The topological polar surface area (TPSA) is 74.0 Å². The van der Waals surface area contributed by atoms with Gasteiger partial charge in [-0.15, -0.1) is 0 Å². The van der Waals surface area contributed by atoms with E-state index in [1.807, 2.05) is 7.05 Å². The molecule has 3 rings (SSSR count).